The van der Waals surface area contributed by atoms with Crippen molar-refractivity contribution in [2.24, 2.45) is 0 Å². The summed E-state index contributed by atoms with van der Waals surface area (Å²) in [5.41, 5.74) is 5.47. The van der Waals surface area contributed by atoms with E-state index in [1.165, 1.54) is 0 Å². The summed E-state index contributed by atoms with van der Waals surface area (Å²) in [7, 11) is 1.67. The number of para-hydroxylation sites is 1. The molecule has 0 saturated heterocycles. The molecule has 1 aliphatic rings. The first kappa shape index (κ1) is 15.3. The minimum Gasteiger partial charge on any atom is -0.508 e. The van der Waals surface area contributed by atoms with E-state index >= 15 is 0 Å². The minimum atomic E-state index is 0.257. The standard InChI is InChI=1S/C22H18O3/c1-24-18-12-8-16(9-13-18)22-19-4-2-3-5-21(19)25-14-20(22)15-6-10-17(23)11-7-15/h2-13,23H,14H2,1H3. The largest absolute Gasteiger partial charge is 0.508 e. The van der Waals surface area contributed by atoms with Crippen LogP contribution in [0.15, 0.2) is 72.8 Å². The van der Waals surface area contributed by atoms with Gasteiger partial charge in [0.15, 0.2) is 0 Å². The summed E-state index contributed by atoms with van der Waals surface area (Å²) in [6.45, 7) is 0.489. The Morgan fingerprint density at radius 3 is 2.24 bits per heavy atom. The number of rotatable bonds is 3. The highest BCUT2D eigenvalue weighted by molar-refractivity contribution is 6.01. The molecule has 3 aromatic rings. The fourth-order valence-corrected chi connectivity index (χ4v) is 3.16. The van der Waals surface area contributed by atoms with Crippen LogP contribution in [0.3, 0.4) is 0 Å². The zero-order chi connectivity index (χ0) is 17.2. The van der Waals surface area contributed by atoms with Gasteiger partial charge in [-0.3, -0.25) is 0 Å². The third-order valence-corrected chi connectivity index (χ3v) is 4.42. The van der Waals surface area contributed by atoms with Crippen LogP contribution in [0.4, 0.5) is 0 Å². The van der Waals surface area contributed by atoms with E-state index in [0.29, 0.717) is 6.61 Å². The molecular formula is C22H18O3. The van der Waals surface area contributed by atoms with Crippen molar-refractivity contribution < 1.29 is 14.6 Å². The van der Waals surface area contributed by atoms with Gasteiger partial charge in [0.1, 0.15) is 23.9 Å². The van der Waals surface area contributed by atoms with Gasteiger partial charge < -0.3 is 14.6 Å². The summed E-state index contributed by atoms with van der Waals surface area (Å²) in [5, 5.41) is 9.59. The van der Waals surface area contributed by atoms with Crippen molar-refractivity contribution in [3.05, 3.63) is 89.5 Å². The van der Waals surface area contributed by atoms with Crippen LogP contribution in [0, 0.1) is 0 Å². The third kappa shape index (κ3) is 2.85. The predicted molar refractivity (Wildman–Crippen MR) is 99.0 cm³/mol. The van der Waals surface area contributed by atoms with E-state index in [0.717, 1.165) is 39.3 Å². The Morgan fingerprint density at radius 1 is 0.840 bits per heavy atom. The zero-order valence-electron chi connectivity index (χ0n) is 13.9. The Labute approximate surface area is 146 Å². The molecule has 3 nitrogen and oxygen atoms in total. The van der Waals surface area contributed by atoms with Crippen molar-refractivity contribution in [1.82, 2.24) is 0 Å². The monoisotopic (exact) mass is 330 g/mol. The molecule has 3 aromatic carbocycles. The van der Waals surface area contributed by atoms with Gasteiger partial charge in [-0.05, 0) is 47.0 Å². The molecule has 0 bridgehead atoms. The van der Waals surface area contributed by atoms with Crippen molar-refractivity contribution in [2.45, 2.75) is 0 Å². The van der Waals surface area contributed by atoms with Crippen LogP contribution >= 0.6 is 0 Å². The van der Waals surface area contributed by atoms with Crippen molar-refractivity contribution >= 4 is 11.1 Å². The Bertz CT molecular complexity index is 922. The molecule has 0 radical (unpaired) electrons. The molecule has 0 aliphatic carbocycles. The quantitative estimate of drug-likeness (QED) is 0.753. The fraction of sp³-hybridized carbons (Fsp3) is 0.0909. The molecule has 0 atom stereocenters. The van der Waals surface area contributed by atoms with Crippen molar-refractivity contribution in [3.63, 3.8) is 0 Å². The molecule has 1 heterocycles. The van der Waals surface area contributed by atoms with Crippen LogP contribution in [-0.2, 0) is 0 Å². The van der Waals surface area contributed by atoms with Crippen LogP contribution in [0.25, 0.3) is 11.1 Å². The van der Waals surface area contributed by atoms with E-state index in [-0.39, 0.29) is 5.75 Å². The first-order valence-corrected chi connectivity index (χ1v) is 8.15. The number of hydrogen-bond acceptors (Lipinski definition) is 3. The number of phenols is 1. The lowest BCUT2D eigenvalue weighted by atomic mass is 9.88. The van der Waals surface area contributed by atoms with E-state index in [4.69, 9.17) is 9.47 Å². The average molecular weight is 330 g/mol. The van der Waals surface area contributed by atoms with Crippen molar-refractivity contribution in [3.8, 4) is 17.2 Å². The van der Waals surface area contributed by atoms with Gasteiger partial charge in [-0.1, -0.05) is 42.5 Å². The van der Waals surface area contributed by atoms with Gasteiger partial charge >= 0.3 is 0 Å². The van der Waals surface area contributed by atoms with Gasteiger partial charge in [0.25, 0.3) is 0 Å². The highest BCUT2D eigenvalue weighted by Crippen LogP contribution is 2.41. The molecule has 0 unspecified atom stereocenters. The van der Waals surface area contributed by atoms with Crippen LogP contribution in [0.5, 0.6) is 17.2 Å². The van der Waals surface area contributed by atoms with E-state index in [9.17, 15) is 5.11 Å². The first-order chi connectivity index (χ1) is 12.3. The molecule has 1 N–H and O–H groups in total. The summed E-state index contributed by atoms with van der Waals surface area (Å²) < 4.78 is 11.3. The molecular weight excluding hydrogens is 312 g/mol. The lowest BCUT2D eigenvalue weighted by Gasteiger charge is -2.25. The topological polar surface area (TPSA) is 38.7 Å². The maximum Gasteiger partial charge on any atom is 0.127 e. The Kier molecular flexibility index (Phi) is 3.90. The van der Waals surface area contributed by atoms with Gasteiger partial charge in [0.2, 0.25) is 0 Å². The van der Waals surface area contributed by atoms with Gasteiger partial charge in [-0.25, -0.2) is 0 Å². The molecule has 0 fully saturated rings. The van der Waals surface area contributed by atoms with E-state index in [1.54, 1.807) is 19.2 Å². The van der Waals surface area contributed by atoms with Crippen molar-refractivity contribution in [2.75, 3.05) is 13.7 Å². The van der Waals surface area contributed by atoms with Crippen molar-refractivity contribution in [1.29, 1.82) is 0 Å². The summed E-state index contributed by atoms with van der Waals surface area (Å²) in [6, 6.07) is 23.4. The first-order valence-electron chi connectivity index (χ1n) is 8.15. The minimum absolute atomic E-state index is 0.257. The van der Waals surface area contributed by atoms with Gasteiger partial charge in [0, 0.05) is 11.1 Å². The molecule has 0 amide bonds. The second-order valence-electron chi connectivity index (χ2n) is 5.91. The van der Waals surface area contributed by atoms with Crippen LogP contribution in [0.2, 0.25) is 0 Å². The number of phenolic OH excluding ortho intramolecular Hbond substituents is 1. The number of aromatic hydroxyl groups is 1. The Hall–Kier alpha value is -3.20. The fourth-order valence-electron chi connectivity index (χ4n) is 3.16. The summed E-state index contributed by atoms with van der Waals surface area (Å²) >= 11 is 0. The lowest BCUT2D eigenvalue weighted by molar-refractivity contribution is 0.365. The number of benzene rings is 3. The molecule has 4 rings (SSSR count). The molecule has 25 heavy (non-hydrogen) atoms. The number of hydrogen-bond donors (Lipinski definition) is 1. The Balaban J connectivity index is 1.93. The molecule has 0 spiro atoms. The normalized spacial score (nSPS) is 13.2. The highest BCUT2D eigenvalue weighted by Gasteiger charge is 2.22. The molecule has 3 heteroatoms. The molecule has 0 saturated carbocycles. The third-order valence-electron chi connectivity index (χ3n) is 4.42. The van der Waals surface area contributed by atoms with Crippen LogP contribution in [-0.4, -0.2) is 18.8 Å². The molecule has 124 valence electrons. The van der Waals surface area contributed by atoms with Gasteiger partial charge in [-0.2, -0.15) is 0 Å². The number of fused-ring (bicyclic) bond motifs is 1. The lowest BCUT2D eigenvalue weighted by Crippen LogP contribution is -2.11. The maximum atomic E-state index is 9.59. The second-order valence-corrected chi connectivity index (χ2v) is 5.91. The predicted octanol–water partition coefficient (Wildman–Crippen LogP) is 4.75. The molecule has 0 aromatic heterocycles. The molecule has 1 aliphatic heterocycles. The van der Waals surface area contributed by atoms with Gasteiger partial charge in [0.05, 0.1) is 7.11 Å². The van der Waals surface area contributed by atoms with Gasteiger partial charge in [-0.15, -0.1) is 0 Å². The summed E-state index contributed by atoms with van der Waals surface area (Å²) in [4.78, 5) is 0. The number of methoxy groups -OCH3 is 1. The van der Waals surface area contributed by atoms with E-state index in [1.807, 2.05) is 42.5 Å². The zero-order valence-corrected chi connectivity index (χ0v) is 13.9. The number of ether oxygens (including phenoxy) is 2. The van der Waals surface area contributed by atoms with Crippen LogP contribution in [0.1, 0.15) is 16.7 Å². The smallest absolute Gasteiger partial charge is 0.127 e. The second kappa shape index (κ2) is 6.36. The Morgan fingerprint density at radius 2 is 1.52 bits per heavy atom. The SMILES string of the molecule is COc1ccc(C2=C(c3ccc(O)cc3)COc3ccccc32)cc1. The average Bonchev–Trinajstić information content (AvgIpc) is 2.68. The summed E-state index contributed by atoms with van der Waals surface area (Å²) in [5.74, 6) is 1.97. The van der Waals surface area contributed by atoms with E-state index < -0.39 is 0 Å². The van der Waals surface area contributed by atoms with E-state index in [2.05, 4.69) is 18.2 Å². The summed E-state index contributed by atoms with van der Waals surface area (Å²) in [6.07, 6.45) is 0. The van der Waals surface area contributed by atoms with Crippen LogP contribution < -0.4 is 9.47 Å². The highest BCUT2D eigenvalue weighted by atomic mass is 16.5. The maximum absolute atomic E-state index is 9.59.